The van der Waals surface area contributed by atoms with E-state index in [-0.39, 0.29) is 0 Å². The highest BCUT2D eigenvalue weighted by atomic mass is 79.9. The van der Waals surface area contributed by atoms with Crippen molar-refractivity contribution in [3.63, 3.8) is 0 Å². The SMILES string of the molecule is O=S(=O)(F)Cc1cc(Cl)cc(Br)c1. The molecule has 0 aliphatic heterocycles. The summed E-state index contributed by atoms with van der Waals surface area (Å²) in [6.45, 7) is 0. The molecule has 1 rings (SSSR count). The lowest BCUT2D eigenvalue weighted by Crippen LogP contribution is -1.95. The van der Waals surface area contributed by atoms with Crippen LogP contribution in [0.2, 0.25) is 5.02 Å². The standard InChI is InChI=1S/C7H5BrClFO2S/c8-6-1-5(2-7(9)3-6)4-13(10,11)12/h1-3H,4H2. The van der Waals surface area contributed by atoms with Crippen LogP contribution in [0.5, 0.6) is 0 Å². The average Bonchev–Trinajstić information content (AvgIpc) is 1.78. The Morgan fingerprint density at radius 3 is 2.46 bits per heavy atom. The predicted octanol–water partition coefficient (Wildman–Crippen LogP) is 2.90. The van der Waals surface area contributed by atoms with Crippen LogP contribution in [0, 0.1) is 0 Å². The molecule has 0 aliphatic carbocycles. The van der Waals surface area contributed by atoms with E-state index in [1.54, 1.807) is 6.07 Å². The molecule has 1 aromatic carbocycles. The van der Waals surface area contributed by atoms with E-state index in [0.29, 0.717) is 15.1 Å². The highest BCUT2D eigenvalue weighted by Crippen LogP contribution is 2.21. The van der Waals surface area contributed by atoms with Gasteiger partial charge in [0, 0.05) is 9.50 Å². The summed E-state index contributed by atoms with van der Waals surface area (Å²) >= 11 is 8.75. The molecule has 0 aliphatic rings. The second-order valence-electron chi connectivity index (χ2n) is 2.46. The first kappa shape index (κ1) is 10.9. The molecule has 13 heavy (non-hydrogen) atoms. The molecule has 72 valence electrons. The third kappa shape index (κ3) is 4.06. The Morgan fingerprint density at radius 2 is 2.00 bits per heavy atom. The molecule has 0 saturated carbocycles. The summed E-state index contributed by atoms with van der Waals surface area (Å²) < 4.78 is 33.5. The highest BCUT2D eigenvalue weighted by molar-refractivity contribution is 9.10. The minimum absolute atomic E-state index is 0.321. The van der Waals surface area contributed by atoms with Crippen LogP contribution in [0.4, 0.5) is 3.89 Å². The lowest BCUT2D eigenvalue weighted by atomic mass is 10.2. The Kier molecular flexibility index (Phi) is 3.32. The summed E-state index contributed by atoms with van der Waals surface area (Å²) in [5.41, 5.74) is 0.321. The van der Waals surface area contributed by atoms with E-state index in [9.17, 15) is 12.3 Å². The van der Waals surface area contributed by atoms with Crippen molar-refractivity contribution in [2.45, 2.75) is 5.75 Å². The second kappa shape index (κ2) is 3.94. The Balaban J connectivity index is 3.03. The molecular weight excluding hydrogens is 282 g/mol. The number of hydrogen-bond acceptors (Lipinski definition) is 2. The quantitative estimate of drug-likeness (QED) is 0.784. The molecular formula is C7H5BrClFO2S. The van der Waals surface area contributed by atoms with E-state index in [1.807, 2.05) is 0 Å². The number of benzene rings is 1. The summed E-state index contributed by atoms with van der Waals surface area (Å²) in [5.74, 6) is -0.647. The largest absolute Gasteiger partial charge is 0.306 e. The van der Waals surface area contributed by atoms with Crippen molar-refractivity contribution < 1.29 is 12.3 Å². The van der Waals surface area contributed by atoms with Gasteiger partial charge in [0.15, 0.2) is 0 Å². The maximum atomic E-state index is 12.3. The first-order chi connectivity index (χ1) is 5.87. The van der Waals surface area contributed by atoms with Gasteiger partial charge in [-0.3, -0.25) is 0 Å². The fourth-order valence-electron chi connectivity index (χ4n) is 0.893. The van der Waals surface area contributed by atoms with E-state index in [2.05, 4.69) is 15.9 Å². The van der Waals surface area contributed by atoms with E-state index >= 15 is 0 Å². The van der Waals surface area contributed by atoms with Gasteiger partial charge in [-0.15, -0.1) is 3.89 Å². The van der Waals surface area contributed by atoms with Crippen molar-refractivity contribution in [1.29, 1.82) is 0 Å². The minimum atomic E-state index is -4.49. The van der Waals surface area contributed by atoms with E-state index in [1.165, 1.54) is 12.1 Å². The van der Waals surface area contributed by atoms with Crippen molar-refractivity contribution in [3.8, 4) is 0 Å². The topological polar surface area (TPSA) is 34.1 Å². The molecule has 0 amide bonds. The molecule has 0 bridgehead atoms. The summed E-state index contributed by atoms with van der Waals surface area (Å²) in [6.07, 6.45) is 0. The van der Waals surface area contributed by atoms with Gasteiger partial charge < -0.3 is 0 Å². The van der Waals surface area contributed by atoms with Gasteiger partial charge in [0.1, 0.15) is 5.75 Å². The Bertz CT molecular complexity index is 398. The minimum Gasteiger partial charge on any atom is -0.194 e. The third-order valence-electron chi connectivity index (χ3n) is 1.26. The lowest BCUT2D eigenvalue weighted by Gasteiger charge is -1.99. The Hall–Kier alpha value is -0.130. The molecule has 0 radical (unpaired) electrons. The summed E-state index contributed by atoms with van der Waals surface area (Å²) in [5, 5.41) is 0.369. The second-order valence-corrected chi connectivity index (χ2v) is 5.18. The molecule has 0 unspecified atom stereocenters. The lowest BCUT2D eigenvalue weighted by molar-refractivity contribution is 0.551. The maximum Gasteiger partial charge on any atom is 0.306 e. The number of rotatable bonds is 2. The first-order valence-electron chi connectivity index (χ1n) is 3.24. The average molecular weight is 288 g/mol. The molecule has 0 spiro atoms. The zero-order valence-corrected chi connectivity index (χ0v) is 9.46. The molecule has 0 fully saturated rings. The maximum absolute atomic E-state index is 12.3. The van der Waals surface area contributed by atoms with Crippen molar-refractivity contribution in [2.24, 2.45) is 0 Å². The summed E-state index contributed by atoms with van der Waals surface area (Å²) in [6, 6.07) is 4.50. The van der Waals surface area contributed by atoms with Gasteiger partial charge in [-0.05, 0) is 23.8 Å². The fraction of sp³-hybridized carbons (Fsp3) is 0.143. The summed E-state index contributed by atoms with van der Waals surface area (Å²) in [4.78, 5) is 0. The van der Waals surface area contributed by atoms with Crippen molar-refractivity contribution in [2.75, 3.05) is 0 Å². The molecule has 1 aromatic rings. The Morgan fingerprint density at radius 1 is 1.38 bits per heavy atom. The van der Waals surface area contributed by atoms with Crippen LogP contribution >= 0.6 is 27.5 Å². The third-order valence-corrected chi connectivity index (χ3v) is 2.62. The summed E-state index contributed by atoms with van der Waals surface area (Å²) in [7, 11) is -4.49. The van der Waals surface area contributed by atoms with Gasteiger partial charge in [-0.1, -0.05) is 27.5 Å². The predicted molar refractivity (Wildman–Crippen MR) is 52.9 cm³/mol. The van der Waals surface area contributed by atoms with Gasteiger partial charge in [-0.2, -0.15) is 8.42 Å². The van der Waals surface area contributed by atoms with E-state index in [4.69, 9.17) is 11.6 Å². The van der Waals surface area contributed by atoms with Crippen LogP contribution in [-0.4, -0.2) is 8.42 Å². The van der Waals surface area contributed by atoms with Crippen LogP contribution in [-0.2, 0) is 16.0 Å². The molecule has 6 heteroatoms. The number of hydrogen-bond donors (Lipinski definition) is 0. The first-order valence-corrected chi connectivity index (χ1v) is 5.96. The molecule has 0 N–H and O–H groups in total. The van der Waals surface area contributed by atoms with Crippen LogP contribution < -0.4 is 0 Å². The highest BCUT2D eigenvalue weighted by Gasteiger charge is 2.09. The van der Waals surface area contributed by atoms with Gasteiger partial charge in [-0.25, -0.2) is 0 Å². The van der Waals surface area contributed by atoms with E-state index < -0.39 is 16.0 Å². The molecule has 2 nitrogen and oxygen atoms in total. The fourth-order valence-corrected chi connectivity index (χ4v) is 2.39. The van der Waals surface area contributed by atoms with Gasteiger partial charge in [0.05, 0.1) is 0 Å². The molecule has 0 heterocycles. The monoisotopic (exact) mass is 286 g/mol. The smallest absolute Gasteiger partial charge is 0.194 e. The van der Waals surface area contributed by atoms with Crippen LogP contribution in [0.1, 0.15) is 5.56 Å². The van der Waals surface area contributed by atoms with E-state index in [0.717, 1.165) is 0 Å². The normalized spacial score (nSPS) is 11.6. The number of halogens is 3. The Labute approximate surface area is 89.1 Å². The van der Waals surface area contributed by atoms with Gasteiger partial charge in [0.25, 0.3) is 0 Å². The van der Waals surface area contributed by atoms with Crippen LogP contribution in [0.15, 0.2) is 22.7 Å². The zero-order chi connectivity index (χ0) is 10.1. The van der Waals surface area contributed by atoms with Gasteiger partial charge in [0.2, 0.25) is 0 Å². The van der Waals surface area contributed by atoms with Crippen LogP contribution in [0.3, 0.4) is 0 Å². The molecule has 0 saturated heterocycles. The zero-order valence-electron chi connectivity index (χ0n) is 6.30. The van der Waals surface area contributed by atoms with Gasteiger partial charge >= 0.3 is 10.2 Å². The van der Waals surface area contributed by atoms with Crippen molar-refractivity contribution in [3.05, 3.63) is 33.3 Å². The molecule has 0 atom stereocenters. The van der Waals surface area contributed by atoms with Crippen molar-refractivity contribution >= 4 is 37.8 Å². The van der Waals surface area contributed by atoms with Crippen LogP contribution in [0.25, 0.3) is 0 Å². The molecule has 0 aromatic heterocycles. The van der Waals surface area contributed by atoms with Crippen molar-refractivity contribution in [1.82, 2.24) is 0 Å².